The molecule has 0 saturated carbocycles. The van der Waals surface area contributed by atoms with Gasteiger partial charge in [-0.05, 0) is 25.8 Å². The highest BCUT2D eigenvalue weighted by molar-refractivity contribution is 5.91. The van der Waals surface area contributed by atoms with Gasteiger partial charge in [-0.3, -0.25) is 14.4 Å². The summed E-state index contributed by atoms with van der Waals surface area (Å²) >= 11 is 0. The molecular weight excluding hydrogens is 388 g/mol. The first-order valence-electron chi connectivity index (χ1n) is 10.2. The van der Waals surface area contributed by atoms with Crippen LogP contribution in [0.5, 0.6) is 0 Å². The smallest absolute Gasteiger partial charge is 0.334 e. The molecule has 0 bridgehead atoms. The molecule has 0 radical (unpaired) electrons. The zero-order valence-electron chi connectivity index (χ0n) is 18.2. The van der Waals surface area contributed by atoms with Crippen molar-refractivity contribution in [1.29, 1.82) is 0 Å². The topological polar surface area (TPSA) is 96.0 Å². The Labute approximate surface area is 177 Å². The Morgan fingerprint density at radius 3 is 2.33 bits per heavy atom. The van der Waals surface area contributed by atoms with E-state index >= 15 is 0 Å². The average Bonchev–Trinajstić information content (AvgIpc) is 2.94. The van der Waals surface area contributed by atoms with Gasteiger partial charge in [-0.25, -0.2) is 4.79 Å². The predicted molar refractivity (Wildman–Crippen MR) is 109 cm³/mol. The Kier molecular flexibility index (Phi) is 7.76. The molecule has 7 nitrogen and oxygen atoms in total. The second-order valence-corrected chi connectivity index (χ2v) is 8.36. The first-order valence-corrected chi connectivity index (χ1v) is 10.2. The molecule has 0 aromatic heterocycles. The third-order valence-corrected chi connectivity index (χ3v) is 5.18. The molecule has 0 unspecified atom stereocenters. The first-order chi connectivity index (χ1) is 14.1. The van der Waals surface area contributed by atoms with Gasteiger partial charge >= 0.3 is 17.9 Å². The van der Waals surface area contributed by atoms with Crippen molar-refractivity contribution in [2.24, 2.45) is 17.8 Å². The van der Waals surface area contributed by atoms with Gasteiger partial charge in [0.25, 0.3) is 0 Å². The summed E-state index contributed by atoms with van der Waals surface area (Å²) in [6, 6.07) is 0. The number of carbonyl (C=O) groups is 4. The molecule has 2 aliphatic rings. The average molecular weight is 418 g/mol. The highest BCUT2D eigenvalue weighted by atomic mass is 16.6. The van der Waals surface area contributed by atoms with Crippen molar-refractivity contribution in [3.8, 4) is 0 Å². The van der Waals surface area contributed by atoms with Gasteiger partial charge in [0.2, 0.25) is 0 Å². The van der Waals surface area contributed by atoms with Gasteiger partial charge in [-0.15, -0.1) is 0 Å². The minimum atomic E-state index is -1.18. The number of rotatable bonds is 5. The van der Waals surface area contributed by atoms with E-state index in [-0.39, 0.29) is 11.1 Å². The second kappa shape index (κ2) is 9.87. The van der Waals surface area contributed by atoms with Crippen LogP contribution in [0.4, 0.5) is 0 Å². The van der Waals surface area contributed by atoms with Gasteiger partial charge in [-0.1, -0.05) is 45.9 Å². The highest BCUT2D eigenvalue weighted by Gasteiger charge is 2.49. The van der Waals surface area contributed by atoms with Crippen molar-refractivity contribution in [1.82, 2.24) is 0 Å². The first kappa shape index (κ1) is 23.6. The Morgan fingerprint density at radius 2 is 1.77 bits per heavy atom. The Balaban J connectivity index is 2.63. The fourth-order valence-corrected chi connectivity index (χ4v) is 3.37. The number of hydrogen-bond donors (Lipinski definition) is 0. The maximum atomic E-state index is 12.5. The van der Waals surface area contributed by atoms with Crippen molar-refractivity contribution >= 4 is 24.2 Å². The summed E-state index contributed by atoms with van der Waals surface area (Å²) in [4.78, 5) is 49.2. The largest absolute Gasteiger partial charge is 0.457 e. The monoisotopic (exact) mass is 418 g/mol. The Hall–Kier alpha value is -2.70. The van der Waals surface area contributed by atoms with Gasteiger partial charge in [-0.2, -0.15) is 0 Å². The number of fused-ring (bicyclic) bond motifs is 1. The van der Waals surface area contributed by atoms with Gasteiger partial charge < -0.3 is 14.2 Å². The fraction of sp³-hybridized carbons (Fsp3) is 0.565. The fourth-order valence-electron chi connectivity index (χ4n) is 3.37. The van der Waals surface area contributed by atoms with Crippen LogP contribution in [0.2, 0.25) is 0 Å². The van der Waals surface area contributed by atoms with Gasteiger partial charge in [0.15, 0.2) is 12.2 Å². The van der Waals surface area contributed by atoms with Crippen LogP contribution in [0.3, 0.4) is 0 Å². The second-order valence-electron chi connectivity index (χ2n) is 8.36. The predicted octanol–water partition coefficient (Wildman–Crippen LogP) is 3.09. The number of esters is 3. The van der Waals surface area contributed by atoms with Gasteiger partial charge in [0.1, 0.15) is 12.4 Å². The van der Waals surface area contributed by atoms with Crippen LogP contribution < -0.4 is 0 Å². The molecule has 4 atom stereocenters. The van der Waals surface area contributed by atoms with Crippen molar-refractivity contribution in [3.05, 3.63) is 35.5 Å². The minimum absolute atomic E-state index is 0.113. The van der Waals surface area contributed by atoms with Crippen LogP contribution in [0, 0.1) is 17.8 Å². The molecule has 0 aromatic carbocycles. The van der Waals surface area contributed by atoms with Gasteiger partial charge in [0, 0.05) is 11.1 Å². The number of ether oxygens (including phenoxy) is 3. The van der Waals surface area contributed by atoms with Crippen LogP contribution in [0.1, 0.15) is 47.5 Å². The molecule has 0 aromatic rings. The van der Waals surface area contributed by atoms with E-state index in [0.29, 0.717) is 19.1 Å². The molecule has 1 heterocycles. The zero-order chi connectivity index (χ0) is 22.6. The SMILES string of the molecule is C=C1C(=O)O[C@@H]2/C=C(\C)CC/C=C(\C=O)[C@H](OC(=O)C(C)C)[C@@H](OC(=O)C(C)C)[C@@H]12. The van der Waals surface area contributed by atoms with E-state index in [2.05, 4.69) is 6.58 Å². The summed E-state index contributed by atoms with van der Waals surface area (Å²) in [7, 11) is 0. The van der Waals surface area contributed by atoms with E-state index < -0.39 is 54.0 Å². The Bertz CT molecular complexity index is 787. The molecular formula is C23H30O7. The summed E-state index contributed by atoms with van der Waals surface area (Å²) in [5, 5.41) is 0. The molecule has 0 spiro atoms. The lowest BCUT2D eigenvalue weighted by Gasteiger charge is -2.33. The van der Waals surface area contributed by atoms with E-state index in [4.69, 9.17) is 14.2 Å². The van der Waals surface area contributed by atoms with Crippen LogP contribution in [0.25, 0.3) is 0 Å². The van der Waals surface area contributed by atoms with E-state index in [9.17, 15) is 19.2 Å². The van der Waals surface area contributed by atoms with Gasteiger partial charge in [0.05, 0.1) is 17.8 Å². The lowest BCUT2D eigenvalue weighted by molar-refractivity contribution is -0.174. The minimum Gasteiger partial charge on any atom is -0.457 e. The molecule has 0 N–H and O–H groups in total. The lowest BCUT2D eigenvalue weighted by Crippen LogP contribution is -2.46. The van der Waals surface area contributed by atoms with Crippen LogP contribution >= 0.6 is 0 Å². The van der Waals surface area contributed by atoms with Crippen LogP contribution in [0.15, 0.2) is 35.5 Å². The number of hydrogen-bond acceptors (Lipinski definition) is 7. The molecule has 2 rings (SSSR count). The summed E-state index contributed by atoms with van der Waals surface area (Å²) < 4.78 is 16.9. The van der Waals surface area contributed by atoms with Crippen molar-refractivity contribution in [2.45, 2.75) is 65.8 Å². The van der Waals surface area contributed by atoms with Crippen molar-refractivity contribution in [3.63, 3.8) is 0 Å². The number of carbonyl (C=O) groups excluding carboxylic acids is 4. The molecule has 1 aliphatic carbocycles. The third kappa shape index (κ3) is 5.26. The van der Waals surface area contributed by atoms with Crippen molar-refractivity contribution < 1.29 is 33.4 Å². The summed E-state index contributed by atoms with van der Waals surface area (Å²) in [6.07, 6.45) is 2.19. The summed E-state index contributed by atoms with van der Waals surface area (Å²) in [6.45, 7) is 12.4. The van der Waals surface area contributed by atoms with E-state index in [0.717, 1.165) is 5.57 Å². The van der Waals surface area contributed by atoms with Crippen LogP contribution in [-0.2, 0) is 33.4 Å². The molecule has 1 saturated heterocycles. The van der Waals surface area contributed by atoms with Crippen molar-refractivity contribution in [2.75, 3.05) is 0 Å². The number of allylic oxidation sites excluding steroid dienone is 2. The Morgan fingerprint density at radius 1 is 1.17 bits per heavy atom. The maximum Gasteiger partial charge on any atom is 0.334 e. The zero-order valence-corrected chi connectivity index (χ0v) is 18.2. The maximum absolute atomic E-state index is 12.5. The van der Waals surface area contributed by atoms with Crippen LogP contribution in [-0.4, -0.2) is 42.5 Å². The molecule has 7 heteroatoms. The van der Waals surface area contributed by atoms with E-state index in [1.54, 1.807) is 39.8 Å². The quantitative estimate of drug-likeness (QED) is 0.223. The molecule has 0 amide bonds. The summed E-state index contributed by atoms with van der Waals surface area (Å²) in [5.74, 6) is -3.41. The molecule has 1 aliphatic heterocycles. The summed E-state index contributed by atoms with van der Waals surface area (Å²) in [5.41, 5.74) is 1.26. The normalized spacial score (nSPS) is 30.5. The standard InChI is InChI=1S/C23H30O7/c1-12(2)21(25)29-19-16(11-24)9-7-8-14(5)10-17-18(15(6)23(27)28-17)20(19)30-22(26)13(3)4/h9-13,17-20H,6-8H2,1-5H3/b14-10+,16-9+/t17-,18+,19+,20+/m1/s1. The number of aldehydes is 1. The van der Waals surface area contributed by atoms with E-state index in [1.165, 1.54) is 0 Å². The molecule has 164 valence electrons. The van der Waals surface area contributed by atoms with E-state index in [1.807, 2.05) is 6.92 Å². The molecule has 30 heavy (non-hydrogen) atoms. The molecule has 1 fully saturated rings. The third-order valence-electron chi connectivity index (χ3n) is 5.18. The highest BCUT2D eigenvalue weighted by Crippen LogP contribution is 2.37. The lowest BCUT2D eigenvalue weighted by atomic mass is 9.83.